The molecule has 0 aliphatic carbocycles. The van der Waals surface area contributed by atoms with E-state index in [1.165, 1.54) is 24.3 Å². The summed E-state index contributed by atoms with van der Waals surface area (Å²) < 4.78 is 60.9. The van der Waals surface area contributed by atoms with Gasteiger partial charge in [-0.15, -0.1) is 0 Å². The molecule has 130 valence electrons. The van der Waals surface area contributed by atoms with Crippen LogP contribution in [0.1, 0.15) is 16.7 Å². The number of hydrogen-bond acceptors (Lipinski definition) is 3. The lowest BCUT2D eigenvalue weighted by Gasteiger charge is -2.13. The van der Waals surface area contributed by atoms with E-state index in [0.717, 1.165) is 11.6 Å². The fourth-order valence-electron chi connectivity index (χ4n) is 2.25. The van der Waals surface area contributed by atoms with Crippen molar-refractivity contribution in [2.45, 2.75) is 24.0 Å². The molecular weight excluding hydrogens is 341 g/mol. The summed E-state index contributed by atoms with van der Waals surface area (Å²) in [6.07, 6.45) is -3.82. The molecule has 8 heteroatoms. The Morgan fingerprint density at radius 1 is 1.00 bits per heavy atom. The molecule has 24 heavy (non-hydrogen) atoms. The van der Waals surface area contributed by atoms with E-state index in [1.54, 1.807) is 18.2 Å². The van der Waals surface area contributed by atoms with Gasteiger partial charge in [-0.2, -0.15) is 13.2 Å². The van der Waals surface area contributed by atoms with Crippen LogP contribution in [-0.4, -0.2) is 15.0 Å². The van der Waals surface area contributed by atoms with Crippen LogP contribution in [-0.2, 0) is 29.2 Å². The first-order valence-corrected chi connectivity index (χ1v) is 8.70. The van der Waals surface area contributed by atoms with Crippen molar-refractivity contribution in [2.24, 2.45) is 5.14 Å². The lowest BCUT2D eigenvalue weighted by atomic mass is 10.1. The molecule has 0 atom stereocenters. The van der Waals surface area contributed by atoms with Crippen molar-refractivity contribution >= 4 is 10.0 Å². The summed E-state index contributed by atoms with van der Waals surface area (Å²) >= 11 is 0. The van der Waals surface area contributed by atoms with Crippen LogP contribution in [0.25, 0.3) is 0 Å². The van der Waals surface area contributed by atoms with Crippen molar-refractivity contribution < 1.29 is 21.6 Å². The second kappa shape index (κ2) is 7.33. The number of alkyl halides is 3. The minimum atomic E-state index is -4.37. The molecule has 0 saturated heterocycles. The molecule has 0 bridgehead atoms. The van der Waals surface area contributed by atoms with E-state index in [-0.39, 0.29) is 17.0 Å². The van der Waals surface area contributed by atoms with Crippen molar-refractivity contribution in [1.82, 2.24) is 5.32 Å². The van der Waals surface area contributed by atoms with Crippen LogP contribution in [0.15, 0.2) is 53.4 Å². The van der Waals surface area contributed by atoms with Crippen LogP contribution < -0.4 is 10.5 Å². The van der Waals surface area contributed by atoms with E-state index >= 15 is 0 Å². The van der Waals surface area contributed by atoms with Gasteiger partial charge in [0, 0.05) is 6.54 Å². The molecule has 2 rings (SSSR count). The number of hydrogen-bond donors (Lipinski definition) is 2. The highest BCUT2D eigenvalue weighted by molar-refractivity contribution is 7.89. The van der Waals surface area contributed by atoms with Crippen LogP contribution in [0.2, 0.25) is 0 Å². The fourth-order valence-corrected chi connectivity index (χ4v) is 2.77. The molecule has 0 saturated carbocycles. The number of benzene rings is 2. The van der Waals surface area contributed by atoms with Gasteiger partial charge in [0.25, 0.3) is 0 Å². The van der Waals surface area contributed by atoms with Gasteiger partial charge < -0.3 is 5.32 Å². The Morgan fingerprint density at radius 3 is 2.21 bits per heavy atom. The molecule has 3 N–H and O–H groups in total. The summed E-state index contributed by atoms with van der Waals surface area (Å²) in [6.45, 7) is 0.561. The van der Waals surface area contributed by atoms with Crippen molar-refractivity contribution in [3.05, 3.63) is 65.2 Å². The Labute approximate surface area is 138 Å². The number of primary sulfonamides is 1. The zero-order chi connectivity index (χ0) is 17.8. The molecule has 0 unspecified atom stereocenters. The third kappa shape index (κ3) is 5.05. The van der Waals surface area contributed by atoms with E-state index in [1.807, 2.05) is 0 Å². The Balaban J connectivity index is 1.90. The number of halogens is 3. The van der Waals surface area contributed by atoms with Gasteiger partial charge in [0.05, 0.1) is 10.5 Å². The van der Waals surface area contributed by atoms with E-state index in [9.17, 15) is 21.6 Å². The molecule has 0 heterocycles. The molecule has 0 aromatic heterocycles. The SMILES string of the molecule is NS(=O)(=O)c1ccc(CCNCc2ccccc2C(F)(F)F)cc1. The molecule has 2 aromatic rings. The smallest absolute Gasteiger partial charge is 0.312 e. The largest absolute Gasteiger partial charge is 0.416 e. The summed E-state index contributed by atoms with van der Waals surface area (Å²) in [6, 6.07) is 11.5. The van der Waals surface area contributed by atoms with Crippen molar-refractivity contribution in [1.29, 1.82) is 0 Å². The van der Waals surface area contributed by atoms with Crippen LogP contribution in [0.3, 0.4) is 0 Å². The number of rotatable bonds is 6. The topological polar surface area (TPSA) is 72.2 Å². The quantitative estimate of drug-likeness (QED) is 0.780. The normalized spacial score (nSPS) is 12.3. The molecule has 4 nitrogen and oxygen atoms in total. The van der Waals surface area contributed by atoms with Crippen molar-refractivity contribution in [2.75, 3.05) is 6.54 Å². The second-order valence-electron chi connectivity index (χ2n) is 5.27. The maximum atomic E-state index is 12.9. The fraction of sp³-hybridized carbons (Fsp3) is 0.250. The Kier molecular flexibility index (Phi) is 5.63. The summed E-state index contributed by atoms with van der Waals surface area (Å²) in [7, 11) is -3.72. The van der Waals surface area contributed by atoms with Crippen LogP contribution >= 0.6 is 0 Å². The van der Waals surface area contributed by atoms with Gasteiger partial charge >= 0.3 is 6.18 Å². The third-order valence-corrected chi connectivity index (χ3v) is 4.41. The predicted octanol–water partition coefficient (Wildman–Crippen LogP) is 2.69. The molecule has 0 aliphatic rings. The first kappa shape index (κ1) is 18.4. The van der Waals surface area contributed by atoms with Crippen molar-refractivity contribution in [3.63, 3.8) is 0 Å². The van der Waals surface area contributed by atoms with Crippen LogP contribution in [0, 0.1) is 0 Å². The van der Waals surface area contributed by atoms with E-state index in [4.69, 9.17) is 5.14 Å². The highest BCUT2D eigenvalue weighted by Crippen LogP contribution is 2.31. The molecule has 0 amide bonds. The maximum absolute atomic E-state index is 12.9. The van der Waals surface area contributed by atoms with Gasteiger partial charge in [0.1, 0.15) is 0 Å². The number of nitrogens with one attached hydrogen (secondary N) is 1. The minimum Gasteiger partial charge on any atom is -0.312 e. The Hall–Kier alpha value is -1.90. The monoisotopic (exact) mass is 358 g/mol. The summed E-state index contributed by atoms with van der Waals surface area (Å²) in [5, 5.41) is 7.97. The molecule has 0 aliphatic heterocycles. The van der Waals surface area contributed by atoms with Gasteiger partial charge in [0.15, 0.2) is 0 Å². The molecular formula is C16H17F3N2O2S. The van der Waals surface area contributed by atoms with E-state index in [2.05, 4.69) is 5.32 Å². The number of nitrogens with two attached hydrogens (primary N) is 1. The van der Waals surface area contributed by atoms with Crippen LogP contribution in [0.5, 0.6) is 0 Å². The maximum Gasteiger partial charge on any atom is 0.416 e. The lowest BCUT2D eigenvalue weighted by molar-refractivity contribution is -0.138. The summed E-state index contributed by atoms with van der Waals surface area (Å²) in [4.78, 5) is 0.0262. The Morgan fingerprint density at radius 2 is 1.62 bits per heavy atom. The third-order valence-electron chi connectivity index (χ3n) is 3.48. The highest BCUT2D eigenvalue weighted by Gasteiger charge is 2.32. The van der Waals surface area contributed by atoms with Gasteiger partial charge in [0.2, 0.25) is 10.0 Å². The van der Waals surface area contributed by atoms with Gasteiger partial charge in [-0.1, -0.05) is 30.3 Å². The minimum absolute atomic E-state index is 0.0262. The Bertz CT molecular complexity index is 788. The van der Waals surface area contributed by atoms with Crippen LogP contribution in [0.4, 0.5) is 13.2 Å². The first-order chi connectivity index (χ1) is 11.2. The van der Waals surface area contributed by atoms with E-state index in [0.29, 0.717) is 13.0 Å². The molecule has 0 fully saturated rings. The van der Waals surface area contributed by atoms with Gasteiger partial charge in [-0.3, -0.25) is 0 Å². The zero-order valence-electron chi connectivity index (χ0n) is 12.7. The molecule has 0 radical (unpaired) electrons. The summed E-state index contributed by atoms with van der Waals surface area (Å²) in [5.41, 5.74) is 0.406. The zero-order valence-corrected chi connectivity index (χ0v) is 13.5. The first-order valence-electron chi connectivity index (χ1n) is 7.15. The number of sulfonamides is 1. The predicted molar refractivity (Wildman–Crippen MR) is 84.7 cm³/mol. The average Bonchev–Trinajstić information content (AvgIpc) is 2.50. The van der Waals surface area contributed by atoms with Gasteiger partial charge in [-0.25, -0.2) is 13.6 Å². The van der Waals surface area contributed by atoms with Gasteiger partial charge in [-0.05, 0) is 42.3 Å². The van der Waals surface area contributed by atoms with E-state index < -0.39 is 21.8 Å². The average molecular weight is 358 g/mol. The molecule has 2 aromatic carbocycles. The van der Waals surface area contributed by atoms with Crippen molar-refractivity contribution in [3.8, 4) is 0 Å². The second-order valence-corrected chi connectivity index (χ2v) is 6.83. The summed E-state index contributed by atoms with van der Waals surface area (Å²) in [5.74, 6) is 0. The lowest BCUT2D eigenvalue weighted by Crippen LogP contribution is -2.19. The standard InChI is InChI=1S/C16H17F3N2O2S/c17-16(18,19)15-4-2-1-3-13(15)11-21-10-9-12-5-7-14(8-6-12)24(20,22)23/h1-8,21H,9-11H2,(H2,20,22,23). The highest BCUT2D eigenvalue weighted by atomic mass is 32.2. The molecule has 0 spiro atoms.